The summed E-state index contributed by atoms with van der Waals surface area (Å²) >= 11 is 0. The Hall–Kier alpha value is -2.37. The third kappa shape index (κ3) is 3.09. The average molecular weight is 263 g/mol. The minimum atomic E-state index is -0.645. The van der Waals surface area contributed by atoms with Crippen molar-refractivity contribution in [3.63, 3.8) is 0 Å². The minimum absolute atomic E-state index is 0.0128. The molecule has 0 atom stereocenters. The first-order valence-corrected chi connectivity index (χ1v) is 5.79. The summed E-state index contributed by atoms with van der Waals surface area (Å²) in [6.07, 6.45) is 0.171. The Morgan fingerprint density at radius 1 is 1.16 bits per heavy atom. The summed E-state index contributed by atoms with van der Waals surface area (Å²) in [5.41, 5.74) is 0.713. The van der Waals surface area contributed by atoms with Crippen LogP contribution in [0.1, 0.15) is 18.4 Å². The van der Waals surface area contributed by atoms with E-state index in [0.29, 0.717) is 16.4 Å². The molecule has 2 amide bonds. The lowest BCUT2D eigenvalue weighted by molar-refractivity contribution is -0.197. The molecule has 100 valence electrons. The molecule has 0 unspecified atom stereocenters. The smallest absolute Gasteiger partial charge is 0.337 e. The highest BCUT2D eigenvalue weighted by Gasteiger charge is 2.32. The summed E-state index contributed by atoms with van der Waals surface area (Å²) in [5, 5.41) is 0.547. The lowest BCUT2D eigenvalue weighted by atomic mass is 10.1. The van der Waals surface area contributed by atoms with Crippen LogP contribution in [0.15, 0.2) is 24.3 Å². The first-order valence-electron chi connectivity index (χ1n) is 5.79. The van der Waals surface area contributed by atoms with E-state index in [1.807, 2.05) is 0 Å². The molecule has 0 radical (unpaired) electrons. The maximum Gasteiger partial charge on any atom is 0.337 e. The highest BCUT2D eigenvalue weighted by atomic mass is 16.7. The lowest BCUT2D eigenvalue weighted by Gasteiger charge is -2.12. The van der Waals surface area contributed by atoms with E-state index < -0.39 is 17.8 Å². The molecule has 1 aromatic rings. The number of nitrogens with zero attached hydrogens (tertiary/aromatic N) is 1. The number of imide groups is 1. The largest absolute Gasteiger partial charge is 0.497 e. The molecule has 0 bridgehead atoms. The molecule has 1 aromatic carbocycles. The van der Waals surface area contributed by atoms with Crippen molar-refractivity contribution >= 4 is 17.8 Å². The van der Waals surface area contributed by atoms with Crippen LogP contribution >= 0.6 is 0 Å². The molecular formula is C13H13NO5. The van der Waals surface area contributed by atoms with Crippen molar-refractivity contribution in [3.05, 3.63) is 29.8 Å². The summed E-state index contributed by atoms with van der Waals surface area (Å²) in [6.45, 7) is 0. The van der Waals surface area contributed by atoms with Gasteiger partial charge in [0.1, 0.15) is 5.75 Å². The van der Waals surface area contributed by atoms with Gasteiger partial charge < -0.3 is 9.57 Å². The van der Waals surface area contributed by atoms with Gasteiger partial charge >= 0.3 is 5.97 Å². The molecule has 19 heavy (non-hydrogen) atoms. The van der Waals surface area contributed by atoms with Gasteiger partial charge in [0.2, 0.25) is 0 Å². The van der Waals surface area contributed by atoms with Gasteiger partial charge in [-0.2, -0.15) is 0 Å². The average Bonchev–Trinajstić information content (AvgIpc) is 2.71. The van der Waals surface area contributed by atoms with Crippen LogP contribution in [0.25, 0.3) is 0 Å². The van der Waals surface area contributed by atoms with Gasteiger partial charge in [0.15, 0.2) is 0 Å². The van der Waals surface area contributed by atoms with E-state index in [4.69, 9.17) is 9.57 Å². The van der Waals surface area contributed by atoms with Crippen LogP contribution in [0.5, 0.6) is 5.75 Å². The Labute approximate surface area is 109 Å². The number of rotatable bonds is 4. The number of amides is 2. The number of methoxy groups -OCH3 is 1. The summed E-state index contributed by atoms with van der Waals surface area (Å²) < 4.78 is 5.00. The second kappa shape index (κ2) is 5.51. The standard InChI is InChI=1S/C13H13NO5/c1-18-10-4-2-9(3-5-10)8-13(17)19-14-11(15)6-7-12(14)16/h2-5H,6-8H2,1H3. The van der Waals surface area contributed by atoms with E-state index in [-0.39, 0.29) is 19.3 Å². The van der Waals surface area contributed by atoms with Gasteiger partial charge in [-0.3, -0.25) is 9.59 Å². The third-order valence-corrected chi connectivity index (χ3v) is 2.71. The number of hydroxylamine groups is 2. The fourth-order valence-electron chi connectivity index (χ4n) is 1.70. The molecule has 1 aliphatic rings. The maximum atomic E-state index is 11.6. The Morgan fingerprint density at radius 2 is 1.74 bits per heavy atom. The monoisotopic (exact) mass is 263 g/mol. The van der Waals surface area contributed by atoms with Gasteiger partial charge in [0.05, 0.1) is 13.5 Å². The zero-order valence-corrected chi connectivity index (χ0v) is 10.4. The molecule has 1 fully saturated rings. The van der Waals surface area contributed by atoms with Gasteiger partial charge in [-0.05, 0) is 17.7 Å². The van der Waals surface area contributed by atoms with Crippen molar-refractivity contribution in [2.24, 2.45) is 0 Å². The summed E-state index contributed by atoms with van der Waals surface area (Å²) in [6, 6.07) is 6.87. The van der Waals surface area contributed by atoms with Crippen molar-refractivity contribution in [2.45, 2.75) is 19.3 Å². The predicted octanol–water partition coefficient (Wildman–Crippen LogP) is 0.845. The molecule has 0 spiro atoms. The predicted molar refractivity (Wildman–Crippen MR) is 63.9 cm³/mol. The summed E-state index contributed by atoms with van der Waals surface area (Å²) in [7, 11) is 1.55. The Kier molecular flexibility index (Phi) is 3.79. The molecule has 0 aromatic heterocycles. The fourth-order valence-corrected chi connectivity index (χ4v) is 1.70. The van der Waals surface area contributed by atoms with Crippen LogP contribution in [0, 0.1) is 0 Å². The third-order valence-electron chi connectivity index (χ3n) is 2.71. The van der Waals surface area contributed by atoms with E-state index in [1.165, 1.54) is 0 Å². The number of benzene rings is 1. The summed E-state index contributed by atoms with van der Waals surface area (Å²) in [4.78, 5) is 38.9. The van der Waals surface area contributed by atoms with E-state index >= 15 is 0 Å². The van der Waals surface area contributed by atoms with Gasteiger partial charge in [-0.1, -0.05) is 12.1 Å². The molecule has 6 nitrogen and oxygen atoms in total. The Bertz CT molecular complexity index is 492. The quantitative estimate of drug-likeness (QED) is 0.753. The molecule has 0 saturated carbocycles. The van der Waals surface area contributed by atoms with Crippen molar-refractivity contribution < 1.29 is 24.0 Å². The molecular weight excluding hydrogens is 250 g/mol. The molecule has 0 aliphatic carbocycles. The molecule has 1 aliphatic heterocycles. The highest BCUT2D eigenvalue weighted by molar-refractivity contribution is 6.01. The van der Waals surface area contributed by atoms with E-state index in [9.17, 15) is 14.4 Å². The minimum Gasteiger partial charge on any atom is -0.497 e. The van der Waals surface area contributed by atoms with Crippen LogP contribution in [-0.2, 0) is 25.6 Å². The SMILES string of the molecule is COc1ccc(CC(=O)ON2C(=O)CCC2=O)cc1. The van der Waals surface area contributed by atoms with Gasteiger partial charge in [-0.15, -0.1) is 5.06 Å². The first kappa shape index (κ1) is 13.1. The van der Waals surface area contributed by atoms with Crippen LogP contribution < -0.4 is 4.74 Å². The lowest BCUT2D eigenvalue weighted by Crippen LogP contribution is -2.32. The van der Waals surface area contributed by atoms with Crippen molar-refractivity contribution in [2.75, 3.05) is 7.11 Å². The number of carbonyl (C=O) groups excluding carboxylic acids is 3. The number of hydrogen-bond donors (Lipinski definition) is 0. The van der Waals surface area contributed by atoms with Crippen LogP contribution in [0.3, 0.4) is 0 Å². The topological polar surface area (TPSA) is 72.9 Å². The van der Waals surface area contributed by atoms with E-state index in [2.05, 4.69) is 0 Å². The molecule has 6 heteroatoms. The zero-order valence-electron chi connectivity index (χ0n) is 10.4. The number of ether oxygens (including phenoxy) is 1. The maximum absolute atomic E-state index is 11.6. The van der Waals surface area contributed by atoms with Gasteiger partial charge in [0.25, 0.3) is 11.8 Å². The van der Waals surface area contributed by atoms with Crippen LogP contribution in [0.2, 0.25) is 0 Å². The number of carbonyl (C=O) groups is 3. The van der Waals surface area contributed by atoms with Crippen LogP contribution in [-0.4, -0.2) is 30.0 Å². The Balaban J connectivity index is 1.93. The van der Waals surface area contributed by atoms with Gasteiger partial charge in [-0.25, -0.2) is 4.79 Å². The van der Waals surface area contributed by atoms with E-state index in [0.717, 1.165) is 0 Å². The number of hydrogen-bond acceptors (Lipinski definition) is 5. The van der Waals surface area contributed by atoms with E-state index in [1.54, 1.807) is 31.4 Å². The van der Waals surface area contributed by atoms with Gasteiger partial charge in [0, 0.05) is 12.8 Å². The normalized spacial score (nSPS) is 14.7. The van der Waals surface area contributed by atoms with Crippen molar-refractivity contribution in [3.8, 4) is 5.75 Å². The second-order valence-corrected chi connectivity index (χ2v) is 4.07. The van der Waals surface area contributed by atoms with Crippen LogP contribution in [0.4, 0.5) is 0 Å². The van der Waals surface area contributed by atoms with Crippen molar-refractivity contribution in [1.82, 2.24) is 5.06 Å². The molecule has 0 N–H and O–H groups in total. The molecule has 2 rings (SSSR count). The van der Waals surface area contributed by atoms with Crippen molar-refractivity contribution in [1.29, 1.82) is 0 Å². The first-order chi connectivity index (χ1) is 9.10. The Morgan fingerprint density at radius 3 is 2.26 bits per heavy atom. The zero-order chi connectivity index (χ0) is 13.8. The second-order valence-electron chi connectivity index (χ2n) is 4.07. The molecule has 1 heterocycles. The highest BCUT2D eigenvalue weighted by Crippen LogP contribution is 2.15. The fraction of sp³-hybridized carbons (Fsp3) is 0.308. The summed E-state index contributed by atoms with van der Waals surface area (Å²) in [5.74, 6) is -0.919. The molecule has 1 saturated heterocycles.